The van der Waals surface area contributed by atoms with Crippen LogP contribution < -0.4 is 11.1 Å². The molecule has 9 heteroatoms. The number of halogens is 1. The first kappa shape index (κ1) is 25.1. The first-order valence-corrected chi connectivity index (χ1v) is 11.7. The van der Waals surface area contributed by atoms with E-state index in [1.807, 2.05) is 64.3 Å². The molecule has 0 saturated carbocycles. The molecule has 2 aromatic carbocycles. The Kier molecular flexibility index (Phi) is 6.94. The second-order valence-corrected chi connectivity index (χ2v) is 9.71. The third kappa shape index (κ3) is 5.31. The van der Waals surface area contributed by atoms with E-state index in [1.54, 1.807) is 27.7 Å². The average Bonchev–Trinajstić information content (AvgIpc) is 3.38. The lowest BCUT2D eigenvalue weighted by Crippen LogP contribution is -2.32. The summed E-state index contributed by atoms with van der Waals surface area (Å²) in [5, 5.41) is 21.1. The molecule has 2 heterocycles. The van der Waals surface area contributed by atoms with Crippen molar-refractivity contribution in [3.05, 3.63) is 83.4 Å². The molecule has 8 nitrogen and oxygen atoms in total. The molecule has 0 fully saturated rings. The van der Waals surface area contributed by atoms with Gasteiger partial charge in [-0.1, -0.05) is 38.1 Å². The first-order valence-electron chi connectivity index (χ1n) is 11.7. The Morgan fingerprint density at radius 2 is 1.94 bits per heavy atom. The van der Waals surface area contributed by atoms with E-state index in [4.69, 9.17) is 5.73 Å². The van der Waals surface area contributed by atoms with Crippen molar-refractivity contribution >= 4 is 11.8 Å². The average molecular weight is 491 g/mol. The van der Waals surface area contributed by atoms with E-state index >= 15 is 0 Å². The van der Waals surface area contributed by atoms with E-state index in [9.17, 15) is 14.3 Å². The molecule has 1 aliphatic carbocycles. The third-order valence-corrected chi connectivity index (χ3v) is 6.35. The summed E-state index contributed by atoms with van der Waals surface area (Å²) in [6.07, 6.45) is 4.68. The van der Waals surface area contributed by atoms with Crippen LogP contribution in [0.4, 0.5) is 15.0 Å². The van der Waals surface area contributed by atoms with Gasteiger partial charge in [-0.15, -0.1) is 0 Å². The molecule has 0 radical (unpaired) electrons. The summed E-state index contributed by atoms with van der Waals surface area (Å²) in [5.41, 5.74) is 10.6. The van der Waals surface area contributed by atoms with Gasteiger partial charge >= 0.3 is 6.03 Å². The fourth-order valence-corrected chi connectivity index (χ4v) is 4.71. The van der Waals surface area contributed by atoms with Gasteiger partial charge in [0.2, 0.25) is 0 Å². The normalized spacial score (nSPS) is 16.0. The van der Waals surface area contributed by atoms with Crippen LogP contribution in [0.15, 0.2) is 60.9 Å². The van der Waals surface area contributed by atoms with Crippen molar-refractivity contribution in [2.45, 2.75) is 45.1 Å². The SMILES string of the molecule is CC1(C)C[C@@H](O)Cc2ccc(F)cc21.Cc1c(-c2cnn(C)c2)nn(-c2ccccc2)c1NC(N)=O. The Labute approximate surface area is 209 Å². The summed E-state index contributed by atoms with van der Waals surface area (Å²) in [7, 11) is 1.84. The van der Waals surface area contributed by atoms with Crippen LogP contribution in [0, 0.1) is 12.7 Å². The van der Waals surface area contributed by atoms with Crippen LogP contribution in [0.1, 0.15) is 37.0 Å². The van der Waals surface area contributed by atoms with E-state index in [0.717, 1.165) is 33.6 Å². The van der Waals surface area contributed by atoms with Crippen molar-refractivity contribution in [1.29, 1.82) is 0 Å². The third-order valence-electron chi connectivity index (χ3n) is 6.35. The Morgan fingerprint density at radius 3 is 2.58 bits per heavy atom. The van der Waals surface area contributed by atoms with Gasteiger partial charge in [0, 0.05) is 24.4 Å². The topological polar surface area (TPSA) is 111 Å². The number of carbonyl (C=O) groups is 1. The molecule has 0 aliphatic heterocycles. The second kappa shape index (κ2) is 9.94. The monoisotopic (exact) mass is 490 g/mol. The number of nitrogens with one attached hydrogen (secondary N) is 1. The van der Waals surface area contributed by atoms with E-state index in [-0.39, 0.29) is 17.3 Å². The zero-order valence-corrected chi connectivity index (χ0v) is 20.9. The van der Waals surface area contributed by atoms with Gasteiger partial charge in [0.15, 0.2) is 0 Å². The number of urea groups is 1. The number of carbonyl (C=O) groups excluding carboxylic acids is 1. The zero-order chi connectivity index (χ0) is 26.0. The number of aliphatic hydroxyl groups is 1. The number of nitrogens with two attached hydrogens (primary N) is 1. The number of amides is 2. The van der Waals surface area contributed by atoms with Crippen LogP contribution in [0.5, 0.6) is 0 Å². The van der Waals surface area contributed by atoms with Crippen molar-refractivity contribution in [2.75, 3.05) is 5.32 Å². The fraction of sp³-hybridized carbons (Fsp3) is 0.296. The minimum atomic E-state index is -0.627. The highest BCUT2D eigenvalue weighted by Gasteiger charge is 2.32. The smallest absolute Gasteiger partial charge is 0.317 e. The van der Waals surface area contributed by atoms with Crippen molar-refractivity contribution in [2.24, 2.45) is 12.8 Å². The number of hydrogen-bond donors (Lipinski definition) is 3. The van der Waals surface area contributed by atoms with Gasteiger partial charge in [0.1, 0.15) is 17.3 Å². The number of primary amides is 1. The van der Waals surface area contributed by atoms with Gasteiger partial charge in [-0.2, -0.15) is 10.2 Å². The van der Waals surface area contributed by atoms with Gasteiger partial charge in [0.25, 0.3) is 0 Å². The van der Waals surface area contributed by atoms with Gasteiger partial charge in [-0.05, 0) is 60.6 Å². The number of hydrogen-bond acceptors (Lipinski definition) is 4. The molecule has 0 saturated heterocycles. The minimum Gasteiger partial charge on any atom is -0.393 e. The maximum Gasteiger partial charge on any atom is 0.317 e. The highest BCUT2D eigenvalue weighted by molar-refractivity contribution is 5.89. The molecule has 188 valence electrons. The molecule has 5 rings (SSSR count). The van der Waals surface area contributed by atoms with Crippen molar-refractivity contribution in [1.82, 2.24) is 19.6 Å². The number of aliphatic hydroxyl groups excluding tert-OH is 1. The number of rotatable bonds is 3. The predicted octanol–water partition coefficient (Wildman–Crippen LogP) is 4.48. The highest BCUT2D eigenvalue weighted by atomic mass is 19.1. The highest BCUT2D eigenvalue weighted by Crippen LogP contribution is 2.37. The summed E-state index contributed by atoms with van der Waals surface area (Å²) >= 11 is 0. The molecule has 2 aromatic heterocycles. The van der Waals surface area contributed by atoms with Crippen LogP contribution in [0.25, 0.3) is 16.9 Å². The standard InChI is InChI=1S/C15H16N6O.C12H15FO/c1-10-13(11-8-17-20(2)9-11)19-21(14(10)18-15(16)22)12-6-4-3-5-7-12;1-12(2)7-10(14)5-8-3-4-9(13)6-11(8)12/h3-9H,1-2H3,(H3,16,18,22);3-4,6,10,14H,5,7H2,1-2H3/t;10-/m.0/s1. The number of fused-ring (bicyclic) bond motifs is 1. The van der Waals surface area contributed by atoms with Gasteiger partial charge < -0.3 is 10.8 Å². The maximum atomic E-state index is 13.1. The number of aromatic nitrogens is 4. The van der Waals surface area contributed by atoms with Gasteiger partial charge in [-0.3, -0.25) is 10.00 Å². The molecule has 4 aromatic rings. The summed E-state index contributed by atoms with van der Waals surface area (Å²) in [4.78, 5) is 11.3. The summed E-state index contributed by atoms with van der Waals surface area (Å²) in [6.45, 7) is 5.99. The summed E-state index contributed by atoms with van der Waals surface area (Å²) in [5.74, 6) is 0.366. The molecule has 0 unspecified atom stereocenters. The van der Waals surface area contributed by atoms with Crippen molar-refractivity contribution < 1.29 is 14.3 Å². The summed E-state index contributed by atoms with van der Waals surface area (Å²) in [6, 6.07) is 13.8. The Balaban J connectivity index is 0.000000187. The van der Waals surface area contributed by atoms with Crippen LogP contribution in [0.2, 0.25) is 0 Å². The van der Waals surface area contributed by atoms with Crippen LogP contribution in [-0.2, 0) is 18.9 Å². The van der Waals surface area contributed by atoms with Crippen molar-refractivity contribution in [3.63, 3.8) is 0 Å². The predicted molar refractivity (Wildman–Crippen MR) is 137 cm³/mol. The van der Waals surface area contributed by atoms with Crippen molar-refractivity contribution in [3.8, 4) is 16.9 Å². The molecule has 0 spiro atoms. The molecule has 2 amide bonds. The quantitative estimate of drug-likeness (QED) is 0.393. The summed E-state index contributed by atoms with van der Waals surface area (Å²) < 4.78 is 16.4. The molecule has 0 bridgehead atoms. The second-order valence-electron chi connectivity index (χ2n) is 9.71. The Hall–Kier alpha value is -3.98. The number of aryl methyl sites for hydroxylation is 1. The first-order chi connectivity index (χ1) is 17.0. The number of anilines is 1. The zero-order valence-electron chi connectivity index (χ0n) is 20.9. The molecule has 1 aliphatic rings. The van der Waals surface area contributed by atoms with Gasteiger partial charge in [0.05, 0.1) is 18.0 Å². The van der Waals surface area contributed by atoms with E-state index in [0.29, 0.717) is 18.7 Å². The number of benzene rings is 2. The largest absolute Gasteiger partial charge is 0.393 e. The molecule has 36 heavy (non-hydrogen) atoms. The van der Waals surface area contributed by atoms with E-state index in [1.165, 1.54) is 6.07 Å². The molecule has 4 N–H and O–H groups in total. The lowest BCUT2D eigenvalue weighted by Gasteiger charge is -2.35. The lowest BCUT2D eigenvalue weighted by molar-refractivity contribution is 0.127. The van der Waals surface area contributed by atoms with E-state index < -0.39 is 6.03 Å². The Bertz CT molecular complexity index is 1380. The minimum absolute atomic E-state index is 0.116. The van der Waals surface area contributed by atoms with Crippen LogP contribution in [0.3, 0.4) is 0 Å². The molecular formula is C27H31FN6O2. The number of para-hydroxylation sites is 1. The molecular weight excluding hydrogens is 459 g/mol. The lowest BCUT2D eigenvalue weighted by atomic mass is 9.71. The molecule has 1 atom stereocenters. The van der Waals surface area contributed by atoms with Gasteiger partial charge in [-0.25, -0.2) is 13.9 Å². The van der Waals surface area contributed by atoms with E-state index in [2.05, 4.69) is 15.5 Å². The number of nitrogens with zero attached hydrogens (tertiary/aromatic N) is 4. The Morgan fingerprint density at radius 1 is 1.22 bits per heavy atom. The maximum absolute atomic E-state index is 13.1. The fourth-order valence-electron chi connectivity index (χ4n) is 4.71. The van der Waals surface area contributed by atoms with Crippen LogP contribution >= 0.6 is 0 Å². The van der Waals surface area contributed by atoms with Crippen LogP contribution in [-0.4, -0.2) is 36.8 Å².